The van der Waals surface area contributed by atoms with Crippen LogP contribution in [0.1, 0.15) is 161 Å². The fourth-order valence-corrected chi connectivity index (χ4v) is 4.06. The summed E-state index contributed by atoms with van der Waals surface area (Å²) in [6.07, 6.45) is 12.4. The van der Waals surface area contributed by atoms with E-state index in [0.717, 1.165) is 63.2 Å². The lowest BCUT2D eigenvalue weighted by atomic mass is 9.87. The lowest BCUT2D eigenvalue weighted by molar-refractivity contribution is -0.121. The number of nitrogens with two attached hydrogens (primary N) is 2. The number of carbonyl (C=O) groups is 4. The molecule has 0 bridgehead atoms. The Balaban J connectivity index is -0.000000156. The first kappa shape index (κ1) is 51.3. The highest BCUT2D eigenvalue weighted by molar-refractivity contribution is 5.81. The zero-order valence-corrected chi connectivity index (χ0v) is 31.4. The molecule has 262 valence electrons. The van der Waals surface area contributed by atoms with Gasteiger partial charge in [0.15, 0.2) is 5.96 Å². The number of aliphatic imine (C=N–C) groups is 1. The van der Waals surface area contributed by atoms with E-state index in [9.17, 15) is 19.2 Å². The van der Waals surface area contributed by atoms with Crippen molar-refractivity contribution in [1.82, 2.24) is 0 Å². The summed E-state index contributed by atoms with van der Waals surface area (Å²) in [5, 5.41) is 0. The Labute approximate surface area is 273 Å². The molecule has 0 amide bonds. The van der Waals surface area contributed by atoms with Crippen molar-refractivity contribution >= 4 is 29.6 Å². The molecule has 44 heavy (non-hydrogen) atoms. The lowest BCUT2D eigenvalue weighted by Gasteiger charge is -2.17. The van der Waals surface area contributed by atoms with Crippen molar-refractivity contribution in [1.29, 1.82) is 0 Å². The molecule has 0 rings (SSSR count). The van der Waals surface area contributed by atoms with Gasteiger partial charge >= 0.3 is 0 Å². The van der Waals surface area contributed by atoms with E-state index in [1.54, 1.807) is 13.8 Å². The Morgan fingerprint density at radius 1 is 0.750 bits per heavy atom. The maximum absolute atomic E-state index is 11.2. The Morgan fingerprint density at radius 2 is 1.23 bits per heavy atom. The number of rotatable bonds is 18. The van der Waals surface area contributed by atoms with Crippen LogP contribution in [0, 0.1) is 29.6 Å². The molecular weight excluding hydrogens is 550 g/mol. The van der Waals surface area contributed by atoms with Crippen LogP contribution < -0.4 is 11.5 Å². The first-order chi connectivity index (χ1) is 20.4. The van der Waals surface area contributed by atoms with Crippen LogP contribution in [0.5, 0.6) is 0 Å². The van der Waals surface area contributed by atoms with E-state index >= 15 is 0 Å². The average Bonchev–Trinajstić information content (AvgIpc) is 2.91. The van der Waals surface area contributed by atoms with E-state index in [0.29, 0.717) is 30.1 Å². The van der Waals surface area contributed by atoms with Crippen molar-refractivity contribution in [3.8, 4) is 0 Å². The monoisotopic (exact) mass is 626 g/mol. The largest absolute Gasteiger partial charge is 0.370 e. The Bertz CT molecular complexity index is 737. The number of nitrogens with zero attached hydrogens (tertiary/aromatic N) is 1. The second-order valence-electron chi connectivity index (χ2n) is 12.6. The van der Waals surface area contributed by atoms with Crippen molar-refractivity contribution in [2.45, 2.75) is 161 Å². The van der Waals surface area contributed by atoms with Crippen molar-refractivity contribution in [3.05, 3.63) is 12.2 Å². The van der Waals surface area contributed by atoms with Crippen LogP contribution in [0.15, 0.2) is 17.1 Å². The van der Waals surface area contributed by atoms with E-state index in [-0.39, 0.29) is 29.4 Å². The van der Waals surface area contributed by atoms with Gasteiger partial charge in [0.2, 0.25) is 0 Å². The summed E-state index contributed by atoms with van der Waals surface area (Å²) in [5.74, 6) is 2.74. The third-order valence-corrected chi connectivity index (χ3v) is 6.26. The number of hydrogen-bond acceptors (Lipinski definition) is 5. The number of aldehydes is 1. The standard InChI is InChI=1S/C11H20O.C11H22O.C9H19N3O.C3H6O.C3H8/c1-6-9(4)11(10(5)12)7-8(2)3;1-5-6-7-11(10(4)12)8-9(2)3;1-2-4-8(7-13)5-3-6-12-9(10)11;1-3(2)4;1-3-2/h8,11H,4,6-7H2,1-3,5H3;9,11H,5-8H2,1-4H3;7-8H,2-6H2,1H3,(H4,10,11,12);1-2H3;3H2,1-2H3/t11-;;;;/m1..../s1. The van der Waals surface area contributed by atoms with Crippen LogP contribution in [-0.4, -0.2) is 36.1 Å². The van der Waals surface area contributed by atoms with Gasteiger partial charge in [-0.3, -0.25) is 14.6 Å². The quantitative estimate of drug-likeness (QED) is 0.0513. The minimum absolute atomic E-state index is 0.0926. The van der Waals surface area contributed by atoms with E-state index < -0.39 is 0 Å². The third-order valence-electron chi connectivity index (χ3n) is 6.26. The molecule has 0 aliphatic heterocycles. The van der Waals surface area contributed by atoms with Gasteiger partial charge in [-0.05, 0) is 84.5 Å². The van der Waals surface area contributed by atoms with Crippen LogP contribution in [0.25, 0.3) is 0 Å². The lowest BCUT2D eigenvalue weighted by Crippen LogP contribution is -2.23. The zero-order chi connectivity index (χ0) is 35.7. The summed E-state index contributed by atoms with van der Waals surface area (Å²) < 4.78 is 0. The number of allylic oxidation sites excluding steroid dienone is 1. The van der Waals surface area contributed by atoms with Crippen LogP contribution in [-0.2, 0) is 19.2 Å². The smallest absolute Gasteiger partial charge is 0.185 e. The average molecular weight is 626 g/mol. The summed E-state index contributed by atoms with van der Waals surface area (Å²) in [6, 6.07) is 0. The molecule has 0 saturated heterocycles. The second kappa shape index (κ2) is 36.9. The van der Waals surface area contributed by atoms with Gasteiger partial charge < -0.3 is 21.1 Å². The van der Waals surface area contributed by atoms with Gasteiger partial charge in [0, 0.05) is 24.3 Å². The van der Waals surface area contributed by atoms with E-state index in [4.69, 9.17) is 11.5 Å². The molecule has 0 fully saturated rings. The highest BCUT2D eigenvalue weighted by atomic mass is 16.1. The maximum atomic E-state index is 11.2. The minimum atomic E-state index is 0.0926. The molecule has 0 saturated carbocycles. The fraction of sp³-hybridized carbons (Fsp3) is 0.811. The highest BCUT2D eigenvalue weighted by Crippen LogP contribution is 2.22. The minimum Gasteiger partial charge on any atom is -0.370 e. The maximum Gasteiger partial charge on any atom is 0.185 e. The summed E-state index contributed by atoms with van der Waals surface area (Å²) in [5.41, 5.74) is 11.4. The van der Waals surface area contributed by atoms with Gasteiger partial charge in [0.05, 0.1) is 0 Å². The van der Waals surface area contributed by atoms with Gasteiger partial charge in [0.25, 0.3) is 0 Å². The number of guanidine groups is 1. The molecule has 4 N–H and O–H groups in total. The van der Waals surface area contributed by atoms with Crippen LogP contribution in [0.4, 0.5) is 0 Å². The zero-order valence-electron chi connectivity index (χ0n) is 31.4. The van der Waals surface area contributed by atoms with Crippen LogP contribution >= 0.6 is 0 Å². The number of hydrogen-bond donors (Lipinski definition) is 2. The third kappa shape index (κ3) is 46.6. The number of Topliss-reactive ketones (excluding diaryl/α,β-unsaturated/α-hetero) is 3. The summed E-state index contributed by atoms with van der Waals surface area (Å²) >= 11 is 0. The van der Waals surface area contributed by atoms with Gasteiger partial charge in [-0.2, -0.15) is 0 Å². The molecule has 0 spiro atoms. The highest BCUT2D eigenvalue weighted by Gasteiger charge is 2.17. The first-order valence-electron chi connectivity index (χ1n) is 17.1. The first-order valence-corrected chi connectivity index (χ1v) is 17.1. The normalized spacial score (nSPS) is 11.8. The summed E-state index contributed by atoms with van der Waals surface area (Å²) in [4.78, 5) is 46.2. The van der Waals surface area contributed by atoms with Crippen LogP contribution in [0.3, 0.4) is 0 Å². The molecule has 2 unspecified atom stereocenters. The molecule has 0 aromatic heterocycles. The molecule has 0 aromatic carbocycles. The summed E-state index contributed by atoms with van der Waals surface area (Å²) in [6.45, 7) is 30.2. The molecule has 0 heterocycles. The molecular formula is C37H75N3O4. The van der Waals surface area contributed by atoms with Gasteiger partial charge in [-0.1, -0.05) is 100 Å². The van der Waals surface area contributed by atoms with Gasteiger partial charge in [0.1, 0.15) is 23.6 Å². The van der Waals surface area contributed by atoms with Gasteiger partial charge in [-0.15, -0.1) is 0 Å². The molecule has 3 atom stereocenters. The van der Waals surface area contributed by atoms with E-state index in [1.807, 2.05) is 0 Å². The summed E-state index contributed by atoms with van der Waals surface area (Å²) in [7, 11) is 0. The molecule has 7 heteroatoms. The topological polar surface area (TPSA) is 133 Å². The molecule has 0 radical (unpaired) electrons. The number of ketones is 3. The molecule has 0 aliphatic rings. The van der Waals surface area contributed by atoms with E-state index in [2.05, 4.69) is 73.9 Å². The van der Waals surface area contributed by atoms with Crippen LogP contribution in [0.2, 0.25) is 0 Å². The molecule has 0 aliphatic carbocycles. The van der Waals surface area contributed by atoms with Crippen molar-refractivity contribution in [3.63, 3.8) is 0 Å². The predicted molar refractivity (Wildman–Crippen MR) is 193 cm³/mol. The SMILES string of the molecule is C=C(CC)[C@@H](CC(C)C)C(C)=O.CC(C)=O.CCC.CCCC(C=O)CCCN=C(N)N.CCCCC(CC(C)C)C(C)=O. The second-order valence-corrected chi connectivity index (χ2v) is 12.6. The Hall–Kier alpha value is -2.31. The van der Waals surface area contributed by atoms with Crippen molar-refractivity contribution in [2.24, 2.45) is 46.0 Å². The molecule has 7 nitrogen and oxygen atoms in total. The predicted octanol–water partition coefficient (Wildman–Crippen LogP) is 9.30. The van der Waals surface area contributed by atoms with E-state index in [1.165, 1.54) is 33.1 Å². The Morgan fingerprint density at radius 3 is 1.52 bits per heavy atom. The van der Waals surface area contributed by atoms with Gasteiger partial charge in [-0.25, -0.2) is 0 Å². The number of unbranched alkanes of at least 4 members (excludes halogenated alkanes) is 1. The van der Waals surface area contributed by atoms with Crippen molar-refractivity contribution < 1.29 is 19.2 Å². The molecule has 0 aromatic rings. The van der Waals surface area contributed by atoms with Crippen molar-refractivity contribution in [2.75, 3.05) is 6.54 Å². The fourth-order valence-electron chi connectivity index (χ4n) is 4.06. The Kier molecular flexibility index (Phi) is 43.0. The number of carbonyl (C=O) groups excluding carboxylic acids is 4.